The van der Waals surface area contributed by atoms with Crippen molar-refractivity contribution in [2.45, 2.75) is 70.9 Å². The van der Waals surface area contributed by atoms with Crippen molar-refractivity contribution < 1.29 is 42.2 Å². The third-order valence-electron chi connectivity index (χ3n) is 6.70. The van der Waals surface area contributed by atoms with Crippen molar-refractivity contribution in [1.29, 1.82) is 0 Å². The molecule has 2 rings (SSSR count). The topological polar surface area (TPSA) is 206 Å². The number of hydrogen-bond acceptors (Lipinski definition) is 9. The first kappa shape index (κ1) is 38.1. The number of primary amides is 1. The number of aliphatic hydroxyl groups excluding tert-OH is 1. The lowest BCUT2D eigenvalue weighted by Gasteiger charge is -2.33. The molecule has 0 aliphatic heterocycles. The van der Waals surface area contributed by atoms with Crippen LogP contribution in [-0.2, 0) is 47.1 Å². The van der Waals surface area contributed by atoms with Crippen molar-refractivity contribution in [2.24, 2.45) is 11.7 Å². The number of aliphatic hydroxyl groups is 1. The van der Waals surface area contributed by atoms with Crippen molar-refractivity contribution in [2.75, 3.05) is 20.2 Å². The quantitative estimate of drug-likeness (QED) is 0.144. The van der Waals surface area contributed by atoms with Gasteiger partial charge in [-0.15, -0.1) is 0 Å². The lowest BCUT2D eigenvalue weighted by atomic mass is 10.00. The van der Waals surface area contributed by atoms with Gasteiger partial charge in [-0.3, -0.25) is 14.4 Å². The Hall–Kier alpha value is -4.05. The Morgan fingerprint density at radius 3 is 2.02 bits per heavy atom. The Morgan fingerprint density at radius 2 is 1.50 bits per heavy atom. The summed E-state index contributed by atoms with van der Waals surface area (Å²) in [6.07, 6.45) is -2.97. The second-order valence-electron chi connectivity index (χ2n) is 11.7. The monoisotopic (exact) mass is 663 g/mol. The van der Waals surface area contributed by atoms with E-state index >= 15 is 0 Å². The Balaban J connectivity index is 2.31. The number of amides is 3. The van der Waals surface area contributed by atoms with Gasteiger partial charge in [0.2, 0.25) is 11.8 Å². The van der Waals surface area contributed by atoms with Gasteiger partial charge in [0.15, 0.2) is 0 Å². The van der Waals surface area contributed by atoms with E-state index in [1.165, 1.54) is 13.8 Å². The highest BCUT2D eigenvalue weighted by atomic mass is 32.2. The fourth-order valence-corrected chi connectivity index (χ4v) is 6.15. The Kier molecular flexibility index (Phi) is 14.6. The predicted molar refractivity (Wildman–Crippen MR) is 170 cm³/mol. The summed E-state index contributed by atoms with van der Waals surface area (Å²) in [6.45, 7) is 5.64. The molecule has 0 saturated heterocycles. The van der Waals surface area contributed by atoms with Crippen molar-refractivity contribution >= 4 is 34.1 Å². The van der Waals surface area contributed by atoms with E-state index in [0.717, 1.165) is 11.4 Å². The van der Waals surface area contributed by atoms with Gasteiger partial charge in [-0.1, -0.05) is 74.5 Å². The molecule has 0 fully saturated rings. The van der Waals surface area contributed by atoms with E-state index in [-0.39, 0.29) is 25.5 Å². The lowest BCUT2D eigenvalue weighted by molar-refractivity contribution is -0.146. The van der Waals surface area contributed by atoms with Crippen LogP contribution >= 0.6 is 0 Å². The first-order valence-corrected chi connectivity index (χ1v) is 16.1. The molecule has 0 unspecified atom stereocenters. The molecular weight excluding hydrogens is 618 g/mol. The van der Waals surface area contributed by atoms with Crippen LogP contribution in [0.1, 0.15) is 45.2 Å². The van der Waals surface area contributed by atoms with E-state index < -0.39 is 70.8 Å². The minimum atomic E-state index is -4.36. The van der Waals surface area contributed by atoms with E-state index in [1.54, 1.807) is 74.5 Å². The average Bonchev–Trinajstić information content (AvgIpc) is 2.98. The summed E-state index contributed by atoms with van der Waals surface area (Å²) in [7, 11) is -3.23. The highest BCUT2D eigenvalue weighted by molar-refractivity contribution is 7.87. The van der Waals surface area contributed by atoms with Gasteiger partial charge in [-0.2, -0.15) is 17.4 Å². The van der Waals surface area contributed by atoms with E-state index in [2.05, 4.69) is 15.4 Å². The molecule has 3 atom stereocenters. The lowest BCUT2D eigenvalue weighted by Crippen LogP contribution is -2.59. The minimum absolute atomic E-state index is 0.0330. The molecule has 2 aromatic carbocycles. The Bertz CT molecular complexity index is 1410. The first-order chi connectivity index (χ1) is 21.5. The zero-order chi connectivity index (χ0) is 34.5. The van der Waals surface area contributed by atoms with Crippen LogP contribution < -0.4 is 21.1 Å². The maximum absolute atomic E-state index is 13.5. The van der Waals surface area contributed by atoms with Gasteiger partial charge in [0.25, 0.3) is 10.2 Å². The number of carbonyl (C=O) groups excluding carboxylic acids is 4. The SMILES string of the molecule is COC(=O)C(C)(C)NS(=O)(=O)N(CC(C)C)C[C@@H](O)[C@H](Cc1ccccc1)NC(=O)[C@H](CC(N)=O)NC(=O)OCc1ccccc1. The van der Waals surface area contributed by atoms with Gasteiger partial charge in [0.1, 0.15) is 18.2 Å². The predicted octanol–water partition coefficient (Wildman–Crippen LogP) is 0.989. The molecule has 0 bridgehead atoms. The Labute approximate surface area is 270 Å². The third kappa shape index (κ3) is 12.7. The number of carbonyl (C=O) groups is 4. The number of esters is 1. The van der Waals surface area contributed by atoms with Gasteiger partial charge in [0.05, 0.1) is 25.7 Å². The van der Waals surface area contributed by atoms with Gasteiger partial charge >= 0.3 is 12.1 Å². The number of nitrogens with one attached hydrogen (secondary N) is 3. The van der Waals surface area contributed by atoms with Crippen LogP contribution in [0.2, 0.25) is 0 Å². The van der Waals surface area contributed by atoms with Crippen LogP contribution in [-0.4, -0.2) is 85.6 Å². The largest absolute Gasteiger partial charge is 0.468 e. The molecule has 0 aromatic heterocycles. The summed E-state index contributed by atoms with van der Waals surface area (Å²) in [4.78, 5) is 50.0. The molecule has 46 heavy (non-hydrogen) atoms. The van der Waals surface area contributed by atoms with Crippen molar-refractivity contribution in [3.8, 4) is 0 Å². The molecular formula is C31H45N5O9S. The summed E-state index contributed by atoms with van der Waals surface area (Å²) < 4.78 is 40.1. The molecule has 0 aliphatic carbocycles. The smallest absolute Gasteiger partial charge is 0.408 e. The molecule has 15 heteroatoms. The van der Waals surface area contributed by atoms with Crippen LogP contribution in [0.4, 0.5) is 4.79 Å². The third-order valence-corrected chi connectivity index (χ3v) is 8.44. The van der Waals surface area contributed by atoms with Gasteiger partial charge in [-0.25, -0.2) is 4.79 Å². The van der Waals surface area contributed by atoms with Crippen molar-refractivity contribution in [3.63, 3.8) is 0 Å². The number of hydrogen-bond donors (Lipinski definition) is 5. The number of nitrogens with two attached hydrogens (primary N) is 1. The summed E-state index contributed by atoms with van der Waals surface area (Å²) in [6, 6.07) is 15.1. The van der Waals surface area contributed by atoms with Gasteiger partial charge < -0.3 is 30.9 Å². The summed E-state index contributed by atoms with van der Waals surface area (Å²) >= 11 is 0. The summed E-state index contributed by atoms with van der Waals surface area (Å²) in [5.74, 6) is -2.72. The first-order valence-electron chi connectivity index (χ1n) is 14.7. The molecule has 254 valence electrons. The van der Waals surface area contributed by atoms with Crippen LogP contribution in [0.3, 0.4) is 0 Å². The molecule has 14 nitrogen and oxygen atoms in total. The van der Waals surface area contributed by atoms with Crippen molar-refractivity contribution in [1.82, 2.24) is 19.7 Å². The normalized spacial score (nSPS) is 13.8. The van der Waals surface area contributed by atoms with Crippen LogP contribution in [0.25, 0.3) is 0 Å². The molecule has 2 aromatic rings. The van der Waals surface area contributed by atoms with Crippen molar-refractivity contribution in [3.05, 3.63) is 71.8 Å². The molecule has 6 N–H and O–H groups in total. The van der Waals surface area contributed by atoms with E-state index in [4.69, 9.17) is 15.2 Å². The minimum Gasteiger partial charge on any atom is -0.468 e. The van der Waals surface area contributed by atoms with Crippen LogP contribution in [0.15, 0.2) is 60.7 Å². The molecule has 0 aliphatic rings. The number of rotatable bonds is 18. The average molecular weight is 664 g/mol. The number of ether oxygens (including phenoxy) is 2. The number of benzene rings is 2. The number of alkyl carbamates (subject to hydrolysis) is 1. The van der Waals surface area contributed by atoms with Crippen LogP contribution in [0.5, 0.6) is 0 Å². The van der Waals surface area contributed by atoms with Crippen LogP contribution in [0, 0.1) is 5.92 Å². The highest BCUT2D eigenvalue weighted by Crippen LogP contribution is 2.15. The maximum Gasteiger partial charge on any atom is 0.408 e. The fraction of sp³-hybridized carbons (Fsp3) is 0.484. The second-order valence-corrected chi connectivity index (χ2v) is 13.4. The van der Waals surface area contributed by atoms with Gasteiger partial charge in [0, 0.05) is 13.1 Å². The highest BCUT2D eigenvalue weighted by Gasteiger charge is 2.38. The van der Waals surface area contributed by atoms with E-state index in [1.807, 2.05) is 0 Å². The molecule has 0 radical (unpaired) electrons. The maximum atomic E-state index is 13.5. The number of methoxy groups -OCH3 is 1. The second kappa shape index (κ2) is 17.6. The zero-order valence-corrected chi connectivity index (χ0v) is 27.6. The molecule has 3 amide bonds. The zero-order valence-electron chi connectivity index (χ0n) is 26.8. The molecule has 0 spiro atoms. The summed E-state index contributed by atoms with van der Waals surface area (Å²) in [5, 5.41) is 16.4. The number of nitrogens with zero attached hydrogens (tertiary/aromatic N) is 1. The standard InChI is InChI=1S/C31H45N5O9S/c1-21(2)18-36(46(42,43)35-31(3,4)29(40)44-5)19-26(37)24(16-22-12-8-6-9-13-22)33-28(39)25(17-27(32)38)34-30(41)45-20-23-14-10-7-11-15-23/h6-15,21,24-26,35,37H,16-20H2,1-5H3,(H2,32,38)(H,33,39)(H,34,41)/t24-,25-,26+/m0/s1. The summed E-state index contributed by atoms with van der Waals surface area (Å²) in [5.41, 5.74) is 5.14. The molecule has 0 heterocycles. The fourth-order valence-electron chi connectivity index (χ4n) is 4.45. The van der Waals surface area contributed by atoms with E-state index in [9.17, 15) is 32.7 Å². The van der Waals surface area contributed by atoms with Gasteiger partial charge in [-0.05, 0) is 37.3 Å². The van der Waals surface area contributed by atoms with E-state index in [0.29, 0.717) is 11.1 Å². The Morgan fingerprint density at radius 1 is 0.935 bits per heavy atom. The molecule has 0 saturated carbocycles.